The van der Waals surface area contributed by atoms with Gasteiger partial charge in [0.2, 0.25) is 0 Å². The number of hydrogen-bond acceptors (Lipinski definition) is 4. The molecule has 0 aliphatic rings. The van der Waals surface area contributed by atoms with Crippen molar-refractivity contribution >= 4 is 9.84 Å². The van der Waals surface area contributed by atoms with Crippen molar-refractivity contribution in [3.8, 4) is 0 Å². The monoisotopic (exact) mass is 180 g/mol. The molecule has 0 spiro atoms. The summed E-state index contributed by atoms with van der Waals surface area (Å²) < 4.78 is 21.8. The molecule has 5 heteroatoms. The van der Waals surface area contributed by atoms with Gasteiger partial charge >= 0.3 is 0 Å². The molecule has 0 aliphatic heterocycles. The van der Waals surface area contributed by atoms with Crippen molar-refractivity contribution in [3.05, 3.63) is 0 Å². The van der Waals surface area contributed by atoms with Gasteiger partial charge in [0, 0.05) is 12.3 Å². The lowest BCUT2D eigenvalue weighted by Crippen LogP contribution is -2.23. The van der Waals surface area contributed by atoms with E-state index in [9.17, 15) is 8.42 Å². The quantitative estimate of drug-likeness (QED) is 0.333. The lowest BCUT2D eigenvalue weighted by molar-refractivity contribution is 0.589. The van der Waals surface area contributed by atoms with Crippen molar-refractivity contribution < 1.29 is 8.42 Å². The average molecular weight is 180 g/mol. The van der Waals surface area contributed by atoms with Crippen LogP contribution in [0.3, 0.4) is 0 Å². The van der Waals surface area contributed by atoms with Gasteiger partial charge in [0.1, 0.15) is 9.84 Å². The number of nitrogens with one attached hydrogen (secondary N) is 1. The third-order valence-electron chi connectivity index (χ3n) is 1.47. The summed E-state index contributed by atoms with van der Waals surface area (Å²) in [5.41, 5.74) is 2.48. The predicted molar refractivity (Wildman–Crippen MR) is 45.8 cm³/mol. The van der Waals surface area contributed by atoms with E-state index in [1.165, 1.54) is 0 Å². The fourth-order valence-electron chi connectivity index (χ4n) is 0.693. The normalized spacial score (nSPS) is 11.8. The molecule has 0 aliphatic carbocycles. The third-order valence-corrected chi connectivity index (χ3v) is 3.26. The Bertz CT molecular complexity index is 177. The van der Waals surface area contributed by atoms with Gasteiger partial charge in [-0.05, 0) is 12.8 Å². The van der Waals surface area contributed by atoms with Crippen LogP contribution in [0.1, 0.15) is 19.8 Å². The zero-order valence-electron chi connectivity index (χ0n) is 6.84. The molecule has 0 rings (SSSR count). The molecule has 0 radical (unpaired) electrons. The Morgan fingerprint density at radius 1 is 1.36 bits per heavy atom. The second-order valence-electron chi connectivity index (χ2n) is 2.40. The minimum Gasteiger partial charge on any atom is -0.271 e. The summed E-state index contributed by atoms with van der Waals surface area (Å²) in [6.07, 6.45) is 1.51. The Balaban J connectivity index is 3.39. The minimum atomic E-state index is -2.77. The van der Waals surface area contributed by atoms with Crippen LogP contribution in [0.15, 0.2) is 0 Å². The second kappa shape index (κ2) is 5.51. The molecule has 0 atom stereocenters. The molecule has 0 fully saturated rings. The zero-order valence-corrected chi connectivity index (χ0v) is 7.65. The van der Waals surface area contributed by atoms with E-state index < -0.39 is 9.84 Å². The van der Waals surface area contributed by atoms with Crippen molar-refractivity contribution in [2.24, 2.45) is 5.84 Å². The summed E-state index contributed by atoms with van der Waals surface area (Å²) in [5, 5.41) is 0. The molecule has 0 aromatic rings. The van der Waals surface area contributed by atoms with Crippen LogP contribution < -0.4 is 11.3 Å². The molecule has 0 amide bonds. The maximum Gasteiger partial charge on any atom is 0.150 e. The molecule has 3 N–H and O–H groups in total. The maximum absolute atomic E-state index is 10.9. The fraction of sp³-hybridized carbons (Fsp3) is 1.00. The van der Waals surface area contributed by atoms with Gasteiger partial charge in [0.15, 0.2) is 0 Å². The lowest BCUT2D eigenvalue weighted by Gasteiger charge is -2.00. The van der Waals surface area contributed by atoms with E-state index in [0.29, 0.717) is 13.0 Å². The van der Waals surface area contributed by atoms with Gasteiger partial charge in [-0.1, -0.05) is 6.92 Å². The van der Waals surface area contributed by atoms with Crippen LogP contribution in [-0.4, -0.2) is 26.5 Å². The van der Waals surface area contributed by atoms with Gasteiger partial charge in [0.25, 0.3) is 0 Å². The highest BCUT2D eigenvalue weighted by atomic mass is 32.2. The van der Waals surface area contributed by atoms with E-state index in [1.54, 1.807) is 6.92 Å². The molecule has 0 unspecified atom stereocenters. The van der Waals surface area contributed by atoms with E-state index >= 15 is 0 Å². The van der Waals surface area contributed by atoms with E-state index in [1.807, 2.05) is 0 Å². The number of nitrogens with two attached hydrogens (primary N) is 1. The second-order valence-corrected chi connectivity index (χ2v) is 4.87. The van der Waals surface area contributed by atoms with E-state index in [-0.39, 0.29) is 11.5 Å². The summed E-state index contributed by atoms with van der Waals surface area (Å²) in [4.78, 5) is 0. The van der Waals surface area contributed by atoms with Gasteiger partial charge in [-0.15, -0.1) is 0 Å². The van der Waals surface area contributed by atoms with Crippen molar-refractivity contribution in [1.82, 2.24) is 5.43 Å². The third kappa shape index (κ3) is 6.28. The Hall–Kier alpha value is -0.130. The molecule has 0 saturated heterocycles. The first-order valence-electron chi connectivity index (χ1n) is 3.76. The lowest BCUT2D eigenvalue weighted by atomic mass is 10.3. The van der Waals surface area contributed by atoms with E-state index in [2.05, 4.69) is 5.43 Å². The van der Waals surface area contributed by atoms with Crippen LogP contribution in [-0.2, 0) is 9.84 Å². The van der Waals surface area contributed by atoms with Crippen LogP contribution in [0.5, 0.6) is 0 Å². The topological polar surface area (TPSA) is 72.2 Å². The SMILES string of the molecule is CCS(=O)(=O)CCCCNN. The predicted octanol–water partition coefficient (Wildman–Crippen LogP) is -0.335. The van der Waals surface area contributed by atoms with Gasteiger partial charge in [-0.2, -0.15) is 0 Å². The molecule has 0 bridgehead atoms. The molecular formula is C6H16N2O2S. The van der Waals surface area contributed by atoms with Gasteiger partial charge in [0.05, 0.1) is 5.75 Å². The largest absolute Gasteiger partial charge is 0.271 e. The molecule has 4 nitrogen and oxygen atoms in total. The fourth-order valence-corrected chi connectivity index (χ4v) is 1.63. The Labute approximate surface area is 68.0 Å². The molecule has 0 aromatic heterocycles. The summed E-state index contributed by atoms with van der Waals surface area (Å²) >= 11 is 0. The summed E-state index contributed by atoms with van der Waals surface area (Å²) in [7, 11) is -2.77. The van der Waals surface area contributed by atoms with Crippen molar-refractivity contribution in [2.45, 2.75) is 19.8 Å². The van der Waals surface area contributed by atoms with Crippen LogP contribution in [0, 0.1) is 0 Å². The number of hydrogen-bond donors (Lipinski definition) is 2. The van der Waals surface area contributed by atoms with Crippen molar-refractivity contribution in [2.75, 3.05) is 18.1 Å². The van der Waals surface area contributed by atoms with Gasteiger partial charge in [-0.3, -0.25) is 11.3 Å². The molecule has 68 valence electrons. The van der Waals surface area contributed by atoms with Crippen LogP contribution in [0.2, 0.25) is 0 Å². The maximum atomic E-state index is 10.9. The van der Waals surface area contributed by atoms with E-state index in [0.717, 1.165) is 6.42 Å². The molecular weight excluding hydrogens is 164 g/mol. The Kier molecular flexibility index (Phi) is 5.45. The number of sulfone groups is 1. The Morgan fingerprint density at radius 3 is 2.45 bits per heavy atom. The standard InChI is InChI=1S/C6H16N2O2S/c1-2-11(9,10)6-4-3-5-8-7/h8H,2-7H2,1H3. The van der Waals surface area contributed by atoms with Gasteiger partial charge < -0.3 is 0 Å². The minimum absolute atomic E-state index is 0.239. The van der Waals surface area contributed by atoms with E-state index in [4.69, 9.17) is 5.84 Å². The zero-order chi connectivity index (χ0) is 8.74. The first-order chi connectivity index (χ1) is 5.12. The highest BCUT2D eigenvalue weighted by Gasteiger charge is 2.05. The molecule has 11 heavy (non-hydrogen) atoms. The van der Waals surface area contributed by atoms with Crippen LogP contribution in [0.25, 0.3) is 0 Å². The smallest absolute Gasteiger partial charge is 0.150 e. The molecule has 0 heterocycles. The number of rotatable bonds is 6. The first kappa shape index (κ1) is 10.9. The highest BCUT2D eigenvalue weighted by Crippen LogP contribution is 1.95. The van der Waals surface area contributed by atoms with Gasteiger partial charge in [-0.25, -0.2) is 8.42 Å². The number of unbranched alkanes of at least 4 members (excludes halogenated alkanes) is 1. The molecule has 0 saturated carbocycles. The Morgan fingerprint density at radius 2 is 2.00 bits per heavy atom. The summed E-state index contributed by atoms with van der Waals surface area (Å²) in [5.74, 6) is 5.53. The highest BCUT2D eigenvalue weighted by molar-refractivity contribution is 7.91. The summed E-state index contributed by atoms with van der Waals surface area (Å²) in [6, 6.07) is 0. The number of hydrazine groups is 1. The summed E-state index contributed by atoms with van der Waals surface area (Å²) in [6.45, 7) is 2.34. The van der Waals surface area contributed by atoms with Crippen LogP contribution >= 0.6 is 0 Å². The molecule has 0 aromatic carbocycles. The van der Waals surface area contributed by atoms with Crippen LogP contribution in [0.4, 0.5) is 0 Å². The average Bonchev–Trinajstić information content (AvgIpc) is 1.99. The van der Waals surface area contributed by atoms with Crippen molar-refractivity contribution in [1.29, 1.82) is 0 Å². The van der Waals surface area contributed by atoms with Crippen molar-refractivity contribution in [3.63, 3.8) is 0 Å². The first-order valence-corrected chi connectivity index (χ1v) is 5.58.